The maximum atomic E-state index is 10.6. The van der Waals surface area contributed by atoms with E-state index >= 15 is 0 Å². The van der Waals surface area contributed by atoms with Crippen LogP contribution in [-0.4, -0.2) is 16.7 Å². The molecule has 0 bridgehead atoms. The van der Waals surface area contributed by atoms with E-state index in [-0.39, 0.29) is 6.04 Å². The van der Waals surface area contributed by atoms with Gasteiger partial charge in [-0.05, 0) is 42.9 Å². The van der Waals surface area contributed by atoms with Gasteiger partial charge >= 0.3 is 0 Å². The Bertz CT molecular complexity index is 231. The number of rotatable bonds is 2. The van der Waals surface area contributed by atoms with Crippen molar-refractivity contribution in [2.45, 2.75) is 71.9 Å². The van der Waals surface area contributed by atoms with Crippen molar-refractivity contribution in [2.75, 3.05) is 0 Å². The quantitative estimate of drug-likeness (QED) is 0.762. The lowest BCUT2D eigenvalue weighted by Gasteiger charge is -2.46. The highest BCUT2D eigenvalue weighted by molar-refractivity contribution is 4.98. The molecule has 0 amide bonds. The summed E-state index contributed by atoms with van der Waals surface area (Å²) in [6.07, 6.45) is 3.78. The predicted octanol–water partition coefficient (Wildman–Crippen LogP) is 2.94. The van der Waals surface area contributed by atoms with Crippen LogP contribution in [0.1, 0.15) is 60.3 Å². The van der Waals surface area contributed by atoms with Gasteiger partial charge in [0.1, 0.15) is 0 Å². The van der Waals surface area contributed by atoms with Gasteiger partial charge in [-0.2, -0.15) is 0 Å². The molecule has 1 rings (SSSR count). The second-order valence-corrected chi connectivity index (χ2v) is 7.15. The maximum absolute atomic E-state index is 10.6. The number of aliphatic hydroxyl groups is 1. The van der Waals surface area contributed by atoms with E-state index in [1.165, 1.54) is 0 Å². The molecule has 1 saturated carbocycles. The first kappa shape index (κ1) is 14.0. The fraction of sp³-hybridized carbons (Fsp3) is 1.00. The number of hydrogen-bond donors (Lipinski definition) is 2. The molecule has 3 atom stereocenters. The highest BCUT2D eigenvalue weighted by Crippen LogP contribution is 2.42. The molecule has 2 nitrogen and oxygen atoms in total. The summed E-state index contributed by atoms with van der Waals surface area (Å²) in [5.74, 6) is 1.16. The molecule has 0 aromatic rings. The van der Waals surface area contributed by atoms with Crippen molar-refractivity contribution in [3.8, 4) is 0 Å². The van der Waals surface area contributed by atoms with Crippen molar-refractivity contribution in [3.05, 3.63) is 0 Å². The first-order chi connectivity index (χ1) is 7.15. The van der Waals surface area contributed by atoms with Gasteiger partial charge < -0.3 is 10.8 Å². The Kier molecular flexibility index (Phi) is 4.07. The molecule has 16 heavy (non-hydrogen) atoms. The standard InChI is InChI=1S/C14H29NO/c1-10(2)9-14(16)7-6-11(8-12(14)15)13(3,4)5/h10-12,16H,6-9,15H2,1-5H3. The van der Waals surface area contributed by atoms with Gasteiger partial charge in [-0.3, -0.25) is 0 Å². The van der Waals surface area contributed by atoms with Gasteiger partial charge in [-0.25, -0.2) is 0 Å². The summed E-state index contributed by atoms with van der Waals surface area (Å²) >= 11 is 0. The summed E-state index contributed by atoms with van der Waals surface area (Å²) in [5, 5.41) is 10.6. The van der Waals surface area contributed by atoms with Crippen LogP contribution < -0.4 is 5.73 Å². The summed E-state index contributed by atoms with van der Waals surface area (Å²) in [4.78, 5) is 0. The first-order valence-electron chi connectivity index (χ1n) is 6.63. The van der Waals surface area contributed by atoms with Crippen LogP contribution in [0.25, 0.3) is 0 Å². The molecule has 0 aromatic carbocycles. The first-order valence-corrected chi connectivity index (χ1v) is 6.63. The normalized spacial score (nSPS) is 36.8. The molecule has 0 heterocycles. The second kappa shape index (κ2) is 4.66. The van der Waals surface area contributed by atoms with Crippen molar-refractivity contribution in [1.82, 2.24) is 0 Å². The Balaban J connectivity index is 2.65. The number of nitrogens with two attached hydrogens (primary N) is 1. The van der Waals surface area contributed by atoms with Crippen molar-refractivity contribution < 1.29 is 5.11 Å². The molecule has 3 unspecified atom stereocenters. The summed E-state index contributed by atoms with van der Waals surface area (Å²) in [6, 6.07) is -0.0483. The molecule has 1 aliphatic rings. The zero-order valence-corrected chi connectivity index (χ0v) is 11.6. The molecule has 1 fully saturated rings. The average Bonchev–Trinajstić information content (AvgIpc) is 2.06. The predicted molar refractivity (Wildman–Crippen MR) is 69.2 cm³/mol. The average molecular weight is 227 g/mol. The fourth-order valence-corrected chi connectivity index (χ4v) is 3.00. The Labute approximate surface area is 101 Å². The topological polar surface area (TPSA) is 46.2 Å². The molecule has 0 radical (unpaired) electrons. The van der Waals surface area contributed by atoms with E-state index in [2.05, 4.69) is 34.6 Å². The van der Waals surface area contributed by atoms with Crippen LogP contribution in [0, 0.1) is 17.3 Å². The largest absolute Gasteiger partial charge is 0.388 e. The fourth-order valence-electron chi connectivity index (χ4n) is 3.00. The molecule has 0 aliphatic heterocycles. The molecule has 0 saturated heterocycles. The molecule has 3 N–H and O–H groups in total. The second-order valence-electron chi connectivity index (χ2n) is 7.15. The van der Waals surface area contributed by atoms with Gasteiger partial charge in [0.25, 0.3) is 0 Å². The third-order valence-electron chi connectivity index (χ3n) is 4.14. The zero-order chi connectivity index (χ0) is 12.6. The van der Waals surface area contributed by atoms with Crippen LogP contribution in [0.3, 0.4) is 0 Å². The lowest BCUT2D eigenvalue weighted by molar-refractivity contribution is -0.0561. The highest BCUT2D eigenvalue weighted by Gasteiger charge is 2.42. The Morgan fingerprint density at radius 3 is 2.31 bits per heavy atom. The van der Waals surface area contributed by atoms with Crippen molar-refractivity contribution in [1.29, 1.82) is 0 Å². The summed E-state index contributed by atoms with van der Waals surface area (Å²) in [6.45, 7) is 11.1. The van der Waals surface area contributed by atoms with E-state index in [0.717, 1.165) is 25.7 Å². The molecule has 0 spiro atoms. The van der Waals surface area contributed by atoms with Gasteiger partial charge in [0.2, 0.25) is 0 Å². The highest BCUT2D eigenvalue weighted by atomic mass is 16.3. The third-order valence-corrected chi connectivity index (χ3v) is 4.14. The minimum Gasteiger partial charge on any atom is -0.388 e. The van der Waals surface area contributed by atoms with E-state index in [0.29, 0.717) is 17.3 Å². The maximum Gasteiger partial charge on any atom is 0.0800 e. The van der Waals surface area contributed by atoms with Crippen LogP contribution in [0.5, 0.6) is 0 Å². The Morgan fingerprint density at radius 1 is 1.38 bits per heavy atom. The lowest BCUT2D eigenvalue weighted by Crippen LogP contribution is -2.54. The summed E-state index contributed by atoms with van der Waals surface area (Å²) < 4.78 is 0. The van der Waals surface area contributed by atoms with Crippen LogP contribution in [0.2, 0.25) is 0 Å². The molecule has 96 valence electrons. The van der Waals surface area contributed by atoms with Gasteiger partial charge in [0, 0.05) is 6.04 Å². The van der Waals surface area contributed by atoms with Crippen molar-refractivity contribution in [3.63, 3.8) is 0 Å². The Hall–Kier alpha value is -0.0800. The molecule has 1 aliphatic carbocycles. The van der Waals surface area contributed by atoms with Gasteiger partial charge in [-0.15, -0.1) is 0 Å². The van der Waals surface area contributed by atoms with Crippen LogP contribution in [0.4, 0.5) is 0 Å². The van der Waals surface area contributed by atoms with Crippen LogP contribution >= 0.6 is 0 Å². The summed E-state index contributed by atoms with van der Waals surface area (Å²) in [5.41, 5.74) is 5.90. The van der Waals surface area contributed by atoms with E-state index < -0.39 is 5.60 Å². The van der Waals surface area contributed by atoms with Gasteiger partial charge in [0.05, 0.1) is 5.60 Å². The number of hydrogen-bond acceptors (Lipinski definition) is 2. The Morgan fingerprint density at radius 2 is 1.94 bits per heavy atom. The van der Waals surface area contributed by atoms with Gasteiger partial charge in [0.15, 0.2) is 0 Å². The minimum atomic E-state index is -0.615. The lowest BCUT2D eigenvalue weighted by atomic mass is 9.65. The van der Waals surface area contributed by atoms with E-state index in [4.69, 9.17) is 5.73 Å². The minimum absolute atomic E-state index is 0.0483. The molecular formula is C14H29NO. The monoisotopic (exact) mass is 227 g/mol. The van der Waals surface area contributed by atoms with Gasteiger partial charge in [-0.1, -0.05) is 34.6 Å². The molecule has 2 heteroatoms. The SMILES string of the molecule is CC(C)CC1(O)CCC(C(C)(C)C)CC1N. The van der Waals surface area contributed by atoms with Crippen LogP contribution in [-0.2, 0) is 0 Å². The van der Waals surface area contributed by atoms with E-state index in [1.54, 1.807) is 0 Å². The smallest absolute Gasteiger partial charge is 0.0800 e. The van der Waals surface area contributed by atoms with Crippen molar-refractivity contribution >= 4 is 0 Å². The third kappa shape index (κ3) is 3.21. The zero-order valence-electron chi connectivity index (χ0n) is 11.6. The van der Waals surface area contributed by atoms with E-state index in [9.17, 15) is 5.11 Å². The van der Waals surface area contributed by atoms with Crippen molar-refractivity contribution in [2.24, 2.45) is 23.0 Å². The molecule has 0 aromatic heterocycles. The summed E-state index contributed by atoms with van der Waals surface area (Å²) in [7, 11) is 0. The molecular weight excluding hydrogens is 198 g/mol. The van der Waals surface area contributed by atoms with E-state index in [1.807, 2.05) is 0 Å². The van der Waals surface area contributed by atoms with Crippen LogP contribution in [0.15, 0.2) is 0 Å².